The lowest BCUT2D eigenvalue weighted by atomic mass is 9.81. The fourth-order valence-electron chi connectivity index (χ4n) is 4.29. The van der Waals surface area contributed by atoms with Crippen molar-refractivity contribution in [1.82, 2.24) is 10.0 Å². The van der Waals surface area contributed by atoms with Crippen molar-refractivity contribution in [2.75, 3.05) is 19.6 Å². The summed E-state index contributed by atoms with van der Waals surface area (Å²) in [5, 5.41) is 15.0. The van der Waals surface area contributed by atoms with Crippen LogP contribution in [-0.2, 0) is 0 Å². The van der Waals surface area contributed by atoms with Gasteiger partial charge in [-0.1, -0.05) is 44.9 Å². The van der Waals surface area contributed by atoms with Crippen molar-refractivity contribution in [2.45, 2.75) is 77.2 Å². The van der Waals surface area contributed by atoms with Gasteiger partial charge in [0.05, 0.1) is 0 Å². The van der Waals surface area contributed by atoms with E-state index in [9.17, 15) is 5.11 Å². The van der Waals surface area contributed by atoms with Crippen LogP contribution in [0.25, 0.3) is 0 Å². The fraction of sp³-hybridized carbons (Fsp3) is 0.652. The van der Waals surface area contributed by atoms with E-state index >= 15 is 0 Å². The van der Waals surface area contributed by atoms with Crippen LogP contribution in [0.5, 0.6) is 5.75 Å². The molecule has 0 radical (unpaired) electrons. The molecule has 2 rings (SSSR count). The van der Waals surface area contributed by atoms with Crippen molar-refractivity contribution in [3.63, 3.8) is 0 Å². The van der Waals surface area contributed by atoms with Crippen LogP contribution in [0.3, 0.4) is 0 Å². The molecule has 1 N–H and O–H groups in total. The summed E-state index contributed by atoms with van der Waals surface area (Å²) in [6, 6.07) is 8.50. The molecule has 1 aliphatic carbocycles. The summed E-state index contributed by atoms with van der Waals surface area (Å²) in [5.74, 6) is 0.986. The minimum absolute atomic E-state index is 0.394. The summed E-state index contributed by atoms with van der Waals surface area (Å²) in [4.78, 5) is 0. The Kier molecular flexibility index (Phi) is 9.21. The highest BCUT2D eigenvalue weighted by atomic mass is 16.3. The zero-order valence-corrected chi connectivity index (χ0v) is 16.9. The molecule has 1 aliphatic rings. The standard InChI is InChI=1S/C23H38N2O/c1-4-7-8-18-24(16-5-2)25(17-6-3)22-14-12-20(13-15-22)21-10-9-11-23(26)19-21/h5,9-11,19-20,22,26H,2,4,6-8,12-18H2,1,3H3. The van der Waals surface area contributed by atoms with E-state index in [0.717, 1.165) is 19.6 Å². The molecule has 0 heterocycles. The largest absolute Gasteiger partial charge is 0.508 e. The molecule has 1 saturated carbocycles. The molecule has 0 spiro atoms. The van der Waals surface area contributed by atoms with Crippen molar-refractivity contribution in [2.24, 2.45) is 0 Å². The summed E-state index contributed by atoms with van der Waals surface area (Å²) in [5.41, 5.74) is 1.30. The summed E-state index contributed by atoms with van der Waals surface area (Å²) >= 11 is 0. The van der Waals surface area contributed by atoms with Gasteiger partial charge in [-0.15, -0.1) is 6.58 Å². The van der Waals surface area contributed by atoms with Gasteiger partial charge in [-0.05, 0) is 62.1 Å². The molecule has 1 aromatic carbocycles. The molecule has 3 heteroatoms. The molecule has 0 aliphatic heterocycles. The van der Waals surface area contributed by atoms with Crippen LogP contribution in [0, 0.1) is 0 Å². The summed E-state index contributed by atoms with van der Waals surface area (Å²) < 4.78 is 0. The molecule has 0 atom stereocenters. The quantitative estimate of drug-likeness (QED) is 0.311. The topological polar surface area (TPSA) is 26.7 Å². The molecular weight excluding hydrogens is 320 g/mol. The third-order valence-corrected chi connectivity index (χ3v) is 5.64. The maximum Gasteiger partial charge on any atom is 0.115 e. The SMILES string of the molecule is C=CCN(CCCCC)N(CCC)C1CCC(c2cccc(O)c2)CC1. The lowest BCUT2D eigenvalue weighted by Gasteiger charge is -2.43. The molecule has 3 nitrogen and oxygen atoms in total. The van der Waals surface area contributed by atoms with E-state index in [1.165, 1.54) is 56.9 Å². The van der Waals surface area contributed by atoms with Crippen LogP contribution in [-0.4, -0.2) is 40.8 Å². The van der Waals surface area contributed by atoms with Gasteiger partial charge in [-0.3, -0.25) is 0 Å². The Morgan fingerprint density at radius 2 is 1.85 bits per heavy atom. The van der Waals surface area contributed by atoms with E-state index in [1.807, 2.05) is 18.2 Å². The second kappa shape index (κ2) is 11.4. The second-order valence-corrected chi connectivity index (χ2v) is 7.67. The lowest BCUT2D eigenvalue weighted by molar-refractivity contribution is -0.0653. The number of hydrazine groups is 1. The predicted octanol–water partition coefficient (Wildman–Crippen LogP) is 5.72. The number of phenolic OH excluding ortho intramolecular Hbond substituents is 1. The van der Waals surface area contributed by atoms with Crippen LogP contribution >= 0.6 is 0 Å². The average molecular weight is 359 g/mol. The van der Waals surface area contributed by atoms with E-state index in [2.05, 4.69) is 36.5 Å². The monoisotopic (exact) mass is 358 g/mol. The van der Waals surface area contributed by atoms with Crippen LogP contribution in [0.15, 0.2) is 36.9 Å². The van der Waals surface area contributed by atoms with Gasteiger partial charge in [-0.25, -0.2) is 10.0 Å². The Balaban J connectivity index is 1.97. The summed E-state index contributed by atoms with van der Waals surface area (Å²) in [6.07, 6.45) is 12.0. The molecule has 26 heavy (non-hydrogen) atoms. The first-order valence-electron chi connectivity index (χ1n) is 10.6. The number of hydrogen-bond donors (Lipinski definition) is 1. The van der Waals surface area contributed by atoms with Gasteiger partial charge in [0.2, 0.25) is 0 Å². The number of aromatic hydroxyl groups is 1. The number of phenols is 1. The zero-order valence-electron chi connectivity index (χ0n) is 16.9. The number of rotatable bonds is 11. The normalized spacial score (nSPS) is 20.6. The van der Waals surface area contributed by atoms with Gasteiger partial charge in [0, 0.05) is 25.7 Å². The van der Waals surface area contributed by atoms with E-state index < -0.39 is 0 Å². The molecule has 0 bridgehead atoms. The van der Waals surface area contributed by atoms with E-state index in [4.69, 9.17) is 0 Å². The first-order chi connectivity index (χ1) is 12.7. The molecule has 1 fully saturated rings. The number of benzene rings is 1. The van der Waals surface area contributed by atoms with Crippen LogP contribution in [0.2, 0.25) is 0 Å². The van der Waals surface area contributed by atoms with Gasteiger partial charge < -0.3 is 5.11 Å². The van der Waals surface area contributed by atoms with Crippen LogP contribution in [0.4, 0.5) is 0 Å². The maximum absolute atomic E-state index is 9.76. The number of unbranched alkanes of at least 4 members (excludes halogenated alkanes) is 2. The molecule has 0 aromatic heterocycles. The van der Waals surface area contributed by atoms with Crippen molar-refractivity contribution < 1.29 is 5.11 Å². The first kappa shape index (κ1) is 21.0. The highest BCUT2D eigenvalue weighted by molar-refractivity contribution is 5.30. The minimum atomic E-state index is 0.394. The predicted molar refractivity (Wildman–Crippen MR) is 111 cm³/mol. The third kappa shape index (κ3) is 6.14. The average Bonchev–Trinajstić information content (AvgIpc) is 2.66. The molecule has 1 aromatic rings. The van der Waals surface area contributed by atoms with Crippen molar-refractivity contribution in [3.05, 3.63) is 42.5 Å². The van der Waals surface area contributed by atoms with Crippen LogP contribution < -0.4 is 0 Å². The molecular formula is C23H38N2O. The summed E-state index contributed by atoms with van der Waals surface area (Å²) in [6.45, 7) is 11.8. The highest BCUT2D eigenvalue weighted by Gasteiger charge is 2.29. The Labute approximate surface area is 160 Å². The first-order valence-corrected chi connectivity index (χ1v) is 10.6. The Bertz CT molecular complexity index is 523. The molecule has 0 saturated heterocycles. The van der Waals surface area contributed by atoms with Gasteiger partial charge in [-0.2, -0.15) is 0 Å². The van der Waals surface area contributed by atoms with Gasteiger partial charge in [0.1, 0.15) is 5.75 Å². The van der Waals surface area contributed by atoms with Gasteiger partial charge in [0.15, 0.2) is 0 Å². The Morgan fingerprint density at radius 1 is 1.08 bits per heavy atom. The molecule has 0 amide bonds. The highest BCUT2D eigenvalue weighted by Crippen LogP contribution is 2.36. The van der Waals surface area contributed by atoms with Crippen molar-refractivity contribution in [1.29, 1.82) is 0 Å². The molecule has 0 unspecified atom stereocenters. The van der Waals surface area contributed by atoms with E-state index in [0.29, 0.717) is 17.7 Å². The smallest absolute Gasteiger partial charge is 0.115 e. The second-order valence-electron chi connectivity index (χ2n) is 7.67. The maximum atomic E-state index is 9.76. The van der Waals surface area contributed by atoms with E-state index in [-0.39, 0.29) is 0 Å². The molecule has 146 valence electrons. The van der Waals surface area contributed by atoms with Crippen molar-refractivity contribution >= 4 is 0 Å². The van der Waals surface area contributed by atoms with Gasteiger partial charge in [0.25, 0.3) is 0 Å². The van der Waals surface area contributed by atoms with Crippen molar-refractivity contribution in [3.8, 4) is 5.75 Å². The zero-order chi connectivity index (χ0) is 18.8. The van der Waals surface area contributed by atoms with Gasteiger partial charge >= 0.3 is 0 Å². The fourth-order valence-corrected chi connectivity index (χ4v) is 4.29. The third-order valence-electron chi connectivity index (χ3n) is 5.64. The minimum Gasteiger partial charge on any atom is -0.508 e. The Hall–Kier alpha value is -1.32. The number of nitrogens with zero attached hydrogens (tertiary/aromatic N) is 2. The van der Waals surface area contributed by atoms with Crippen LogP contribution in [0.1, 0.15) is 76.7 Å². The lowest BCUT2D eigenvalue weighted by Crippen LogP contribution is -2.50. The summed E-state index contributed by atoms with van der Waals surface area (Å²) in [7, 11) is 0. The van der Waals surface area contributed by atoms with E-state index in [1.54, 1.807) is 6.07 Å². The number of hydrogen-bond acceptors (Lipinski definition) is 3. The Morgan fingerprint density at radius 3 is 2.46 bits per heavy atom.